The number of methoxy groups -OCH3 is 2. The van der Waals surface area contributed by atoms with Crippen molar-refractivity contribution in [2.24, 2.45) is 5.73 Å². The molecular weight excluding hydrogens is 440 g/mol. The van der Waals surface area contributed by atoms with Crippen LogP contribution in [-0.2, 0) is 6.42 Å². The van der Waals surface area contributed by atoms with Gasteiger partial charge in [0.05, 0.1) is 25.4 Å². The molecule has 0 amide bonds. The van der Waals surface area contributed by atoms with E-state index in [0.29, 0.717) is 23.9 Å². The highest BCUT2D eigenvalue weighted by Crippen LogP contribution is 2.34. The van der Waals surface area contributed by atoms with Crippen LogP contribution >= 0.6 is 0 Å². The molecule has 2 aromatic carbocycles. The molecule has 0 saturated heterocycles. The number of rotatable bonds is 8. The monoisotopic (exact) mass is 468 g/mol. The summed E-state index contributed by atoms with van der Waals surface area (Å²) in [6, 6.07) is 12.0. The van der Waals surface area contributed by atoms with Crippen LogP contribution in [-0.4, -0.2) is 45.9 Å². The van der Waals surface area contributed by atoms with Gasteiger partial charge < -0.3 is 20.2 Å². The number of aromatic nitrogens is 5. The van der Waals surface area contributed by atoms with Crippen LogP contribution in [0.1, 0.15) is 17.5 Å². The number of pyridine rings is 1. The molecule has 0 atom stereocenters. The van der Waals surface area contributed by atoms with E-state index in [-0.39, 0.29) is 0 Å². The lowest BCUT2D eigenvalue weighted by molar-refractivity contribution is 0.355. The number of nitrogens with two attached hydrogens (primary N) is 1. The van der Waals surface area contributed by atoms with E-state index in [1.807, 2.05) is 42.9 Å². The number of aromatic amines is 2. The van der Waals surface area contributed by atoms with Crippen molar-refractivity contribution in [2.75, 3.05) is 20.8 Å². The topological polar surface area (TPSA) is 115 Å². The molecule has 3 heterocycles. The first-order valence-corrected chi connectivity index (χ1v) is 11.5. The van der Waals surface area contributed by atoms with Crippen molar-refractivity contribution in [3.63, 3.8) is 0 Å². The molecule has 0 aliphatic heterocycles. The first kappa shape index (κ1) is 22.6. The van der Waals surface area contributed by atoms with Crippen molar-refractivity contribution < 1.29 is 9.47 Å². The average molecular weight is 469 g/mol. The Bertz CT molecular complexity index is 1490. The molecule has 3 aromatic heterocycles. The highest BCUT2D eigenvalue weighted by Gasteiger charge is 2.16. The summed E-state index contributed by atoms with van der Waals surface area (Å²) in [5.74, 6) is 2.02. The average Bonchev–Trinajstić information content (AvgIpc) is 3.54. The summed E-state index contributed by atoms with van der Waals surface area (Å²) in [5, 5.41) is 8.67. The Kier molecular flexibility index (Phi) is 6.20. The molecule has 0 saturated carbocycles. The zero-order valence-corrected chi connectivity index (χ0v) is 20.1. The normalized spacial score (nSPS) is 11.2. The molecule has 4 N–H and O–H groups in total. The van der Waals surface area contributed by atoms with Crippen LogP contribution in [0.15, 0.2) is 55.0 Å². The predicted molar refractivity (Wildman–Crippen MR) is 138 cm³/mol. The third-order valence-corrected chi connectivity index (χ3v) is 6.33. The van der Waals surface area contributed by atoms with E-state index in [9.17, 15) is 0 Å². The minimum atomic E-state index is 0.655. The molecule has 8 nitrogen and oxygen atoms in total. The maximum atomic E-state index is 5.71. The van der Waals surface area contributed by atoms with Crippen LogP contribution in [0.5, 0.6) is 11.5 Å². The molecule has 8 heteroatoms. The fourth-order valence-corrected chi connectivity index (χ4v) is 4.35. The summed E-state index contributed by atoms with van der Waals surface area (Å²) >= 11 is 0. The third kappa shape index (κ3) is 4.24. The highest BCUT2D eigenvalue weighted by atomic mass is 16.5. The number of nitrogens with zero attached hydrogens (tertiary/aromatic N) is 3. The maximum absolute atomic E-state index is 5.71. The standard InChI is InChI=1S/C27H28N6O2/c1-16-19(5-4-10-28)13-29-14-21(16)17-6-8-22-20(11-17)26(33-32-22)27-30-15-23(31-27)18-7-9-24(34-2)25(12-18)35-3/h6-9,11-15H,4-5,10,28H2,1-3H3,(H,30,31)(H,32,33). The van der Waals surface area contributed by atoms with Crippen LogP contribution in [0.3, 0.4) is 0 Å². The lowest BCUT2D eigenvalue weighted by atomic mass is 9.96. The zero-order valence-electron chi connectivity index (χ0n) is 20.1. The van der Waals surface area contributed by atoms with Crippen molar-refractivity contribution in [1.29, 1.82) is 0 Å². The molecule has 0 aliphatic carbocycles. The number of benzene rings is 2. The number of imidazole rings is 1. The molecule has 0 radical (unpaired) electrons. The van der Waals surface area contributed by atoms with Gasteiger partial charge in [0.1, 0.15) is 5.69 Å². The third-order valence-electron chi connectivity index (χ3n) is 6.33. The van der Waals surface area contributed by atoms with E-state index >= 15 is 0 Å². The van der Waals surface area contributed by atoms with E-state index in [1.54, 1.807) is 14.2 Å². The maximum Gasteiger partial charge on any atom is 0.161 e. The van der Waals surface area contributed by atoms with Crippen LogP contribution in [0.25, 0.3) is 44.8 Å². The van der Waals surface area contributed by atoms with Crippen LogP contribution < -0.4 is 15.2 Å². The second kappa shape index (κ2) is 9.60. The molecule has 5 rings (SSSR count). The number of aryl methyl sites for hydroxylation is 1. The molecule has 0 aliphatic rings. The summed E-state index contributed by atoms with van der Waals surface area (Å²) in [6.45, 7) is 2.81. The molecule has 0 fully saturated rings. The van der Waals surface area contributed by atoms with Crippen LogP contribution in [0, 0.1) is 6.92 Å². The van der Waals surface area contributed by atoms with Gasteiger partial charge >= 0.3 is 0 Å². The number of H-pyrrole nitrogens is 2. The minimum absolute atomic E-state index is 0.655. The molecule has 0 spiro atoms. The molecule has 0 unspecified atom stereocenters. The molecule has 35 heavy (non-hydrogen) atoms. The predicted octanol–water partition coefficient (Wildman–Crippen LogP) is 4.90. The smallest absolute Gasteiger partial charge is 0.161 e. The Hall–Kier alpha value is -4.17. The fraction of sp³-hybridized carbons (Fsp3) is 0.222. The van der Waals surface area contributed by atoms with Crippen molar-refractivity contribution in [3.8, 4) is 45.4 Å². The van der Waals surface area contributed by atoms with Crippen LogP contribution in [0.4, 0.5) is 0 Å². The second-order valence-electron chi connectivity index (χ2n) is 8.40. The van der Waals surface area contributed by atoms with Gasteiger partial charge in [0.25, 0.3) is 0 Å². The van der Waals surface area contributed by atoms with E-state index in [4.69, 9.17) is 20.2 Å². The number of hydrogen-bond donors (Lipinski definition) is 3. The molecule has 178 valence electrons. The lowest BCUT2D eigenvalue weighted by Gasteiger charge is -2.11. The molecule has 0 bridgehead atoms. The Morgan fingerprint density at radius 2 is 1.80 bits per heavy atom. The lowest BCUT2D eigenvalue weighted by Crippen LogP contribution is -2.02. The summed E-state index contributed by atoms with van der Waals surface area (Å²) < 4.78 is 10.8. The van der Waals surface area contributed by atoms with Crippen molar-refractivity contribution in [2.45, 2.75) is 19.8 Å². The molecule has 5 aromatic rings. The number of nitrogens with one attached hydrogen (secondary N) is 2. The van der Waals surface area contributed by atoms with Gasteiger partial charge in [0, 0.05) is 35.1 Å². The van der Waals surface area contributed by atoms with Gasteiger partial charge in [0.2, 0.25) is 0 Å². The van der Waals surface area contributed by atoms with Gasteiger partial charge in [-0.25, -0.2) is 4.98 Å². The number of fused-ring (bicyclic) bond motifs is 1. The van der Waals surface area contributed by atoms with E-state index < -0.39 is 0 Å². The van der Waals surface area contributed by atoms with Gasteiger partial charge in [-0.3, -0.25) is 10.1 Å². The van der Waals surface area contributed by atoms with E-state index in [2.05, 4.69) is 39.2 Å². The van der Waals surface area contributed by atoms with Gasteiger partial charge in [-0.15, -0.1) is 0 Å². The van der Waals surface area contributed by atoms with Crippen molar-refractivity contribution >= 4 is 10.9 Å². The van der Waals surface area contributed by atoms with Gasteiger partial charge in [-0.1, -0.05) is 6.07 Å². The number of hydrogen-bond acceptors (Lipinski definition) is 6. The van der Waals surface area contributed by atoms with E-state index in [0.717, 1.165) is 51.8 Å². The Morgan fingerprint density at radius 1 is 0.971 bits per heavy atom. The summed E-state index contributed by atoms with van der Waals surface area (Å²) in [4.78, 5) is 12.6. The summed E-state index contributed by atoms with van der Waals surface area (Å²) in [7, 11) is 3.24. The van der Waals surface area contributed by atoms with Gasteiger partial charge in [0.15, 0.2) is 17.3 Å². The quantitative estimate of drug-likeness (QED) is 0.298. The SMILES string of the molecule is COc1ccc(-c2c[nH]c(-c3n[nH]c4ccc(-c5cncc(CCCN)c5C)cc34)n2)cc1OC. The highest BCUT2D eigenvalue weighted by molar-refractivity contribution is 5.94. The first-order chi connectivity index (χ1) is 17.1. The zero-order chi connectivity index (χ0) is 24.4. The largest absolute Gasteiger partial charge is 0.493 e. The Morgan fingerprint density at radius 3 is 2.60 bits per heavy atom. The van der Waals surface area contributed by atoms with Gasteiger partial charge in [-0.2, -0.15) is 5.10 Å². The van der Waals surface area contributed by atoms with Gasteiger partial charge in [-0.05, 0) is 73.3 Å². The van der Waals surface area contributed by atoms with Crippen LogP contribution in [0.2, 0.25) is 0 Å². The summed E-state index contributed by atoms with van der Waals surface area (Å²) in [6.07, 6.45) is 7.60. The summed E-state index contributed by atoms with van der Waals surface area (Å²) in [5.41, 5.74) is 13.8. The second-order valence-corrected chi connectivity index (χ2v) is 8.40. The number of ether oxygens (including phenoxy) is 2. The Balaban J connectivity index is 1.52. The van der Waals surface area contributed by atoms with Crippen molar-refractivity contribution in [3.05, 3.63) is 66.1 Å². The van der Waals surface area contributed by atoms with E-state index in [1.165, 1.54) is 11.1 Å². The fourth-order valence-electron chi connectivity index (χ4n) is 4.35. The minimum Gasteiger partial charge on any atom is -0.493 e. The van der Waals surface area contributed by atoms with Crippen molar-refractivity contribution in [1.82, 2.24) is 25.1 Å². The Labute approximate surface area is 203 Å². The molecular formula is C27H28N6O2. The first-order valence-electron chi connectivity index (χ1n) is 11.5.